The van der Waals surface area contributed by atoms with Crippen LogP contribution in [0.25, 0.3) is 10.2 Å². The molecule has 0 aliphatic heterocycles. The molecule has 2 aromatic carbocycles. The zero-order valence-electron chi connectivity index (χ0n) is 14.2. The van der Waals surface area contributed by atoms with Gasteiger partial charge in [0.25, 0.3) is 5.91 Å². The highest BCUT2D eigenvalue weighted by Gasteiger charge is 2.30. The Hall–Kier alpha value is -3.01. The fraction of sp³-hybridized carbons (Fsp3) is 0.167. The van der Waals surface area contributed by atoms with Gasteiger partial charge in [-0.05, 0) is 42.8 Å². The fourth-order valence-corrected chi connectivity index (χ4v) is 3.65. The van der Waals surface area contributed by atoms with Crippen LogP contribution in [0, 0.1) is 12.7 Å². The number of aliphatic carboxylic acids is 1. The number of thiazole rings is 1. The smallest absolute Gasteiger partial charge is 0.416 e. The lowest BCUT2D eigenvalue weighted by molar-refractivity contribution is -0.138. The van der Waals surface area contributed by atoms with Gasteiger partial charge in [0.1, 0.15) is 12.4 Å². The van der Waals surface area contributed by atoms with E-state index < -0.39 is 36.0 Å². The number of carbonyl (C=O) groups is 2. The Balaban J connectivity index is 2.15. The molecule has 0 radical (unpaired) electrons. The van der Waals surface area contributed by atoms with Crippen molar-refractivity contribution in [1.29, 1.82) is 0 Å². The van der Waals surface area contributed by atoms with Crippen molar-refractivity contribution in [2.45, 2.75) is 19.6 Å². The molecule has 10 heteroatoms. The van der Waals surface area contributed by atoms with Gasteiger partial charge in [0.2, 0.25) is 0 Å². The van der Waals surface area contributed by atoms with Crippen LogP contribution in [0.2, 0.25) is 0 Å². The molecule has 3 rings (SSSR count). The number of carboxylic acid groups (broad SMARTS) is 1. The van der Waals surface area contributed by atoms with Gasteiger partial charge in [-0.1, -0.05) is 17.4 Å². The Morgan fingerprint density at radius 1 is 1.21 bits per heavy atom. The number of benzene rings is 2. The lowest BCUT2D eigenvalue weighted by Gasteiger charge is -2.06. The summed E-state index contributed by atoms with van der Waals surface area (Å²) in [7, 11) is 0. The summed E-state index contributed by atoms with van der Waals surface area (Å²) in [6.45, 7) is 0.942. The Morgan fingerprint density at radius 3 is 2.57 bits per heavy atom. The van der Waals surface area contributed by atoms with Crippen LogP contribution in [0.15, 0.2) is 41.4 Å². The standard InChI is InChI=1S/C18H12F4N2O3S/c1-9-5-14-13(7-12(9)19)24(8-15(25)26)17(28-14)23-16(27)10-3-2-4-11(6-10)18(20,21)22/h2-7H,8H2,1H3,(H,25,26)/b23-17-. The van der Waals surface area contributed by atoms with Crippen molar-refractivity contribution < 1.29 is 32.3 Å². The molecule has 0 aliphatic carbocycles. The molecule has 1 aromatic heterocycles. The average Bonchev–Trinajstić information content (AvgIpc) is 2.90. The molecule has 146 valence electrons. The number of rotatable bonds is 3. The molecule has 0 atom stereocenters. The van der Waals surface area contributed by atoms with E-state index in [0.29, 0.717) is 16.3 Å². The van der Waals surface area contributed by atoms with E-state index in [9.17, 15) is 27.2 Å². The molecular formula is C18H12F4N2O3S. The Kier molecular flexibility index (Phi) is 5.07. The first-order valence-corrected chi connectivity index (χ1v) is 8.65. The van der Waals surface area contributed by atoms with Crippen LogP contribution in [-0.2, 0) is 17.5 Å². The first-order valence-electron chi connectivity index (χ1n) is 7.84. The highest BCUT2D eigenvalue weighted by molar-refractivity contribution is 7.16. The number of carboxylic acids is 1. The van der Waals surface area contributed by atoms with Gasteiger partial charge in [-0.2, -0.15) is 18.2 Å². The maximum atomic E-state index is 13.9. The van der Waals surface area contributed by atoms with Gasteiger partial charge < -0.3 is 9.67 Å². The van der Waals surface area contributed by atoms with Crippen LogP contribution >= 0.6 is 11.3 Å². The second kappa shape index (κ2) is 7.19. The zero-order valence-corrected chi connectivity index (χ0v) is 15.1. The largest absolute Gasteiger partial charge is 0.480 e. The zero-order chi connectivity index (χ0) is 20.6. The molecule has 0 aliphatic rings. The Labute approximate surface area is 159 Å². The minimum absolute atomic E-state index is 0.0511. The van der Waals surface area contributed by atoms with Crippen LogP contribution in [-0.4, -0.2) is 21.6 Å². The van der Waals surface area contributed by atoms with Gasteiger partial charge in [-0.15, -0.1) is 0 Å². The van der Waals surface area contributed by atoms with E-state index in [2.05, 4.69) is 4.99 Å². The quantitative estimate of drug-likeness (QED) is 0.661. The minimum Gasteiger partial charge on any atom is -0.480 e. The van der Waals surface area contributed by atoms with E-state index in [1.54, 1.807) is 0 Å². The SMILES string of the molecule is Cc1cc2s/c(=N\C(=O)c3cccc(C(F)(F)F)c3)n(CC(=O)O)c2cc1F. The van der Waals surface area contributed by atoms with Crippen molar-refractivity contribution in [3.63, 3.8) is 0 Å². The van der Waals surface area contributed by atoms with Gasteiger partial charge >= 0.3 is 12.1 Å². The third kappa shape index (κ3) is 3.96. The molecular weight excluding hydrogens is 400 g/mol. The molecule has 28 heavy (non-hydrogen) atoms. The summed E-state index contributed by atoms with van der Waals surface area (Å²) in [5, 5.41) is 9.11. The topological polar surface area (TPSA) is 71.7 Å². The summed E-state index contributed by atoms with van der Waals surface area (Å²) in [6, 6.07) is 6.39. The number of amides is 1. The molecule has 3 aromatic rings. The molecule has 0 unspecified atom stereocenters. The van der Waals surface area contributed by atoms with E-state index in [4.69, 9.17) is 5.11 Å². The van der Waals surface area contributed by atoms with Crippen LogP contribution in [0.4, 0.5) is 17.6 Å². The molecule has 0 bridgehead atoms. The third-order valence-corrected chi connectivity index (χ3v) is 4.93. The predicted molar refractivity (Wildman–Crippen MR) is 93.5 cm³/mol. The number of aromatic nitrogens is 1. The van der Waals surface area contributed by atoms with E-state index in [1.165, 1.54) is 19.1 Å². The van der Waals surface area contributed by atoms with E-state index in [0.717, 1.165) is 34.1 Å². The molecule has 0 saturated carbocycles. The molecule has 5 nitrogen and oxygen atoms in total. The molecule has 1 amide bonds. The van der Waals surface area contributed by atoms with Crippen LogP contribution in [0.3, 0.4) is 0 Å². The lowest BCUT2D eigenvalue weighted by Crippen LogP contribution is -2.21. The van der Waals surface area contributed by atoms with Gasteiger partial charge in [-0.3, -0.25) is 9.59 Å². The maximum absolute atomic E-state index is 13.9. The van der Waals surface area contributed by atoms with Crippen molar-refractivity contribution in [3.05, 3.63) is 63.7 Å². The number of nitrogens with zero attached hydrogens (tertiary/aromatic N) is 2. The van der Waals surface area contributed by atoms with Crippen molar-refractivity contribution in [3.8, 4) is 0 Å². The molecule has 0 fully saturated rings. The number of aryl methyl sites for hydroxylation is 1. The molecule has 0 spiro atoms. The molecule has 0 saturated heterocycles. The monoisotopic (exact) mass is 412 g/mol. The normalized spacial score (nSPS) is 12.5. The highest BCUT2D eigenvalue weighted by Crippen LogP contribution is 2.29. The van der Waals surface area contributed by atoms with E-state index >= 15 is 0 Å². The lowest BCUT2D eigenvalue weighted by atomic mass is 10.1. The van der Waals surface area contributed by atoms with Crippen molar-refractivity contribution >= 4 is 33.4 Å². The Morgan fingerprint density at radius 2 is 1.93 bits per heavy atom. The number of alkyl halides is 3. The molecule has 1 heterocycles. The summed E-state index contributed by atoms with van der Waals surface area (Å²) in [5.41, 5.74) is -0.740. The summed E-state index contributed by atoms with van der Waals surface area (Å²) in [4.78, 5) is 27.3. The summed E-state index contributed by atoms with van der Waals surface area (Å²) >= 11 is 0.945. The highest BCUT2D eigenvalue weighted by atomic mass is 32.1. The first kappa shape index (κ1) is 19.7. The predicted octanol–water partition coefficient (Wildman–Crippen LogP) is 3.99. The van der Waals surface area contributed by atoms with Crippen LogP contribution in [0.1, 0.15) is 21.5 Å². The number of hydrogen-bond acceptors (Lipinski definition) is 3. The third-order valence-electron chi connectivity index (χ3n) is 3.89. The van der Waals surface area contributed by atoms with Gasteiger partial charge in [0.05, 0.1) is 15.8 Å². The van der Waals surface area contributed by atoms with E-state index in [1.807, 2.05) is 0 Å². The average molecular weight is 412 g/mol. The van der Waals surface area contributed by atoms with Gasteiger partial charge in [0.15, 0.2) is 4.80 Å². The number of carbonyl (C=O) groups excluding carboxylic acids is 1. The second-order valence-corrected chi connectivity index (χ2v) is 6.94. The summed E-state index contributed by atoms with van der Waals surface area (Å²) < 4.78 is 54.0. The molecule has 1 N–H and O–H groups in total. The number of halogens is 4. The van der Waals surface area contributed by atoms with Crippen LogP contribution < -0.4 is 4.80 Å². The van der Waals surface area contributed by atoms with Gasteiger partial charge in [-0.25, -0.2) is 4.39 Å². The van der Waals surface area contributed by atoms with Crippen molar-refractivity contribution in [1.82, 2.24) is 4.57 Å². The Bertz CT molecular complexity index is 1160. The fourth-order valence-electron chi connectivity index (χ4n) is 2.54. The van der Waals surface area contributed by atoms with E-state index in [-0.39, 0.29) is 15.9 Å². The summed E-state index contributed by atoms with van der Waals surface area (Å²) in [6.07, 6.45) is -4.62. The number of hydrogen-bond donors (Lipinski definition) is 1. The first-order chi connectivity index (χ1) is 13.1. The minimum atomic E-state index is -4.62. The van der Waals surface area contributed by atoms with Crippen LogP contribution in [0.5, 0.6) is 0 Å². The number of fused-ring (bicyclic) bond motifs is 1. The maximum Gasteiger partial charge on any atom is 0.416 e. The summed E-state index contributed by atoms with van der Waals surface area (Å²) in [5.74, 6) is -2.76. The second-order valence-electron chi connectivity index (χ2n) is 5.93. The van der Waals surface area contributed by atoms with Crippen molar-refractivity contribution in [2.24, 2.45) is 4.99 Å². The van der Waals surface area contributed by atoms with Crippen molar-refractivity contribution in [2.75, 3.05) is 0 Å². The van der Waals surface area contributed by atoms with Gasteiger partial charge in [0, 0.05) is 5.56 Å².